The second kappa shape index (κ2) is 52.4. The smallest absolute Gasteiger partial charge is 0.306 e. The zero-order chi connectivity index (χ0) is 44.9. The molecule has 0 aliphatic rings. The minimum atomic E-state index is -0.781. The van der Waals surface area contributed by atoms with Gasteiger partial charge in [0.15, 0.2) is 6.10 Å². The number of carbonyl (C=O) groups excluding carboxylic acids is 2. The molecule has 0 aliphatic heterocycles. The Balaban J connectivity index is 3.51. The van der Waals surface area contributed by atoms with Gasteiger partial charge in [0, 0.05) is 12.8 Å². The van der Waals surface area contributed by atoms with Crippen LogP contribution in [-0.2, 0) is 19.1 Å². The Hall–Kier alpha value is -2.92. The number of unbranched alkanes of at least 4 members (excludes halogenated alkanes) is 25. The van der Waals surface area contributed by atoms with E-state index in [1.54, 1.807) is 0 Å². The summed E-state index contributed by atoms with van der Waals surface area (Å²) in [5.74, 6) is -0.603. The van der Waals surface area contributed by atoms with Gasteiger partial charge in [0.05, 0.1) is 6.61 Å². The molecule has 0 fully saturated rings. The number of ether oxygens (including phenoxy) is 2. The lowest BCUT2D eigenvalue weighted by molar-refractivity contribution is -0.161. The summed E-state index contributed by atoms with van der Waals surface area (Å²) in [6, 6.07) is 0. The lowest BCUT2D eigenvalue weighted by Crippen LogP contribution is -2.28. The van der Waals surface area contributed by atoms with E-state index >= 15 is 0 Å². The molecule has 0 aromatic rings. The van der Waals surface area contributed by atoms with Crippen molar-refractivity contribution in [2.45, 2.75) is 251 Å². The monoisotopic (exact) mass is 863 g/mol. The molecule has 0 aliphatic carbocycles. The lowest BCUT2D eigenvalue weighted by Gasteiger charge is -2.15. The van der Waals surface area contributed by atoms with E-state index in [0.717, 1.165) is 83.5 Å². The van der Waals surface area contributed by atoms with Crippen molar-refractivity contribution in [3.05, 3.63) is 85.1 Å². The van der Waals surface area contributed by atoms with Crippen LogP contribution >= 0.6 is 0 Å². The fraction of sp³-hybridized carbons (Fsp3) is 0.719. The van der Waals surface area contributed by atoms with Gasteiger partial charge in [0.2, 0.25) is 0 Å². The summed E-state index contributed by atoms with van der Waals surface area (Å²) in [4.78, 5) is 24.5. The van der Waals surface area contributed by atoms with Crippen molar-refractivity contribution in [1.82, 2.24) is 0 Å². The van der Waals surface area contributed by atoms with Crippen LogP contribution in [0.25, 0.3) is 0 Å². The van der Waals surface area contributed by atoms with E-state index in [2.05, 4.69) is 98.9 Å². The molecule has 0 heterocycles. The highest BCUT2D eigenvalue weighted by atomic mass is 16.6. The fourth-order valence-electron chi connectivity index (χ4n) is 7.26. The van der Waals surface area contributed by atoms with Crippen LogP contribution in [0.1, 0.15) is 245 Å². The molecule has 0 aromatic carbocycles. The van der Waals surface area contributed by atoms with Gasteiger partial charge in [-0.05, 0) is 89.9 Å². The summed E-state index contributed by atoms with van der Waals surface area (Å²) in [6.07, 6.45) is 72.5. The lowest BCUT2D eigenvalue weighted by atomic mass is 10.0. The zero-order valence-corrected chi connectivity index (χ0v) is 40.6. The first-order valence-electron chi connectivity index (χ1n) is 26.1. The Morgan fingerprint density at radius 1 is 0.387 bits per heavy atom. The van der Waals surface area contributed by atoms with Gasteiger partial charge >= 0.3 is 11.9 Å². The van der Waals surface area contributed by atoms with E-state index in [9.17, 15) is 14.7 Å². The number of esters is 2. The van der Waals surface area contributed by atoms with E-state index in [0.29, 0.717) is 12.8 Å². The first-order chi connectivity index (χ1) is 30.6. The fourth-order valence-corrected chi connectivity index (χ4v) is 7.26. The summed E-state index contributed by atoms with van der Waals surface area (Å²) in [5, 5.41) is 9.63. The third-order valence-corrected chi connectivity index (χ3v) is 11.2. The van der Waals surface area contributed by atoms with Gasteiger partial charge in [0.1, 0.15) is 6.61 Å². The standard InChI is InChI=1S/C57H98O5/c1-3-5-7-9-11-13-15-17-19-21-23-24-25-26-27-28-29-30-31-32-34-36-38-40-42-44-46-48-50-52-57(60)62-55(53-58)54-61-56(59)51-49-47-45-43-41-39-37-35-33-22-20-18-16-14-12-10-8-6-4-2/h5,7,11-14,17-20,23-24,33,35,55,58H,3-4,6,8-10,15-16,21-22,25-32,34,36-54H2,1-2H3/b7-5-,13-11-,14-12-,19-17-,20-18-,24-23-,35-33-. The summed E-state index contributed by atoms with van der Waals surface area (Å²) in [6.45, 7) is 4.00. The maximum Gasteiger partial charge on any atom is 0.306 e. The predicted molar refractivity (Wildman–Crippen MR) is 269 cm³/mol. The molecule has 356 valence electrons. The Morgan fingerprint density at radius 3 is 1.05 bits per heavy atom. The molecule has 5 heteroatoms. The van der Waals surface area contributed by atoms with Crippen LogP contribution < -0.4 is 0 Å². The number of hydrogen-bond donors (Lipinski definition) is 1. The van der Waals surface area contributed by atoms with Crippen molar-refractivity contribution < 1.29 is 24.2 Å². The van der Waals surface area contributed by atoms with Crippen LogP contribution in [0.2, 0.25) is 0 Å². The Labute approximate surface area is 384 Å². The number of rotatable bonds is 47. The van der Waals surface area contributed by atoms with Crippen molar-refractivity contribution in [3.8, 4) is 0 Å². The molecule has 0 aromatic heterocycles. The quantitative estimate of drug-likeness (QED) is 0.0375. The molecule has 62 heavy (non-hydrogen) atoms. The van der Waals surface area contributed by atoms with Gasteiger partial charge in [0.25, 0.3) is 0 Å². The predicted octanol–water partition coefficient (Wildman–Crippen LogP) is 17.4. The summed E-state index contributed by atoms with van der Waals surface area (Å²) in [7, 11) is 0. The normalized spacial score (nSPS) is 12.9. The highest BCUT2D eigenvalue weighted by Crippen LogP contribution is 2.15. The second-order valence-electron chi connectivity index (χ2n) is 17.2. The Morgan fingerprint density at radius 2 is 0.694 bits per heavy atom. The minimum Gasteiger partial charge on any atom is -0.462 e. The second-order valence-corrected chi connectivity index (χ2v) is 17.2. The SMILES string of the molecule is CC/C=C\C/C=C\C/C=C\C/C=C\CCCCCCCCCCCCCCCCCCC(=O)OC(CO)COC(=O)CCCCCCCC/C=C\C/C=C\C/C=C\CCCCC. The number of aliphatic hydroxyl groups excluding tert-OH is 1. The van der Waals surface area contributed by atoms with Crippen molar-refractivity contribution in [2.75, 3.05) is 13.2 Å². The molecule has 0 saturated heterocycles. The van der Waals surface area contributed by atoms with Crippen molar-refractivity contribution in [3.63, 3.8) is 0 Å². The van der Waals surface area contributed by atoms with E-state index in [-0.39, 0.29) is 25.2 Å². The van der Waals surface area contributed by atoms with Crippen molar-refractivity contribution in [1.29, 1.82) is 0 Å². The molecule has 0 bridgehead atoms. The maximum atomic E-state index is 12.3. The molecular formula is C57H98O5. The third-order valence-electron chi connectivity index (χ3n) is 11.2. The molecule has 0 amide bonds. The maximum absolute atomic E-state index is 12.3. The highest BCUT2D eigenvalue weighted by Gasteiger charge is 2.16. The van der Waals surface area contributed by atoms with Crippen LogP contribution in [-0.4, -0.2) is 36.4 Å². The molecule has 0 saturated carbocycles. The topological polar surface area (TPSA) is 72.8 Å². The largest absolute Gasteiger partial charge is 0.462 e. The molecule has 1 unspecified atom stereocenters. The van der Waals surface area contributed by atoms with Gasteiger partial charge in [-0.25, -0.2) is 0 Å². The van der Waals surface area contributed by atoms with Gasteiger partial charge in [-0.15, -0.1) is 0 Å². The van der Waals surface area contributed by atoms with Crippen LogP contribution in [0.5, 0.6) is 0 Å². The molecular weight excluding hydrogens is 765 g/mol. The average Bonchev–Trinajstić information content (AvgIpc) is 3.28. The van der Waals surface area contributed by atoms with Crippen LogP contribution in [0, 0.1) is 0 Å². The van der Waals surface area contributed by atoms with Gasteiger partial charge in [-0.3, -0.25) is 9.59 Å². The number of allylic oxidation sites excluding steroid dienone is 14. The molecule has 5 nitrogen and oxygen atoms in total. The van der Waals surface area contributed by atoms with E-state index in [4.69, 9.17) is 9.47 Å². The van der Waals surface area contributed by atoms with Crippen LogP contribution in [0.3, 0.4) is 0 Å². The first-order valence-corrected chi connectivity index (χ1v) is 26.1. The minimum absolute atomic E-state index is 0.0746. The van der Waals surface area contributed by atoms with Crippen LogP contribution in [0.4, 0.5) is 0 Å². The van der Waals surface area contributed by atoms with E-state index < -0.39 is 6.10 Å². The Bertz CT molecular complexity index is 1160. The van der Waals surface area contributed by atoms with Crippen molar-refractivity contribution >= 4 is 11.9 Å². The highest BCUT2D eigenvalue weighted by molar-refractivity contribution is 5.70. The van der Waals surface area contributed by atoms with Crippen LogP contribution in [0.15, 0.2) is 85.1 Å². The number of aliphatic hydroxyl groups is 1. The third kappa shape index (κ3) is 49.7. The molecule has 0 spiro atoms. The first kappa shape index (κ1) is 59.1. The van der Waals surface area contributed by atoms with Gasteiger partial charge in [-0.1, -0.05) is 227 Å². The zero-order valence-electron chi connectivity index (χ0n) is 40.6. The Kier molecular flexibility index (Phi) is 50.0. The van der Waals surface area contributed by atoms with E-state index in [1.807, 2.05) is 0 Å². The molecule has 0 radical (unpaired) electrons. The summed E-state index contributed by atoms with van der Waals surface area (Å²) < 4.78 is 10.7. The van der Waals surface area contributed by atoms with Gasteiger partial charge in [-0.2, -0.15) is 0 Å². The summed E-state index contributed by atoms with van der Waals surface area (Å²) >= 11 is 0. The average molecular weight is 863 g/mol. The molecule has 0 rings (SSSR count). The van der Waals surface area contributed by atoms with Gasteiger partial charge < -0.3 is 14.6 Å². The van der Waals surface area contributed by atoms with E-state index in [1.165, 1.54) is 135 Å². The van der Waals surface area contributed by atoms with Crippen molar-refractivity contribution in [2.24, 2.45) is 0 Å². The molecule has 1 N–H and O–H groups in total. The number of hydrogen-bond acceptors (Lipinski definition) is 5. The summed E-state index contributed by atoms with van der Waals surface area (Å²) in [5.41, 5.74) is 0. The molecule has 1 atom stereocenters. The number of carbonyl (C=O) groups is 2.